The summed E-state index contributed by atoms with van der Waals surface area (Å²) >= 11 is 6.25. The SMILES string of the molecule is CCc1nc2nc(c1Cl)N(CCc1ccc(OCC(F)(F)F)cc1)C2=O. The number of carbonyl (C=O) groups excluding carboxylic acids is 1. The van der Waals surface area contributed by atoms with Crippen molar-refractivity contribution in [2.75, 3.05) is 18.1 Å². The molecule has 1 amide bonds. The lowest BCUT2D eigenvalue weighted by Crippen LogP contribution is -2.29. The Morgan fingerprint density at radius 2 is 1.88 bits per heavy atom. The van der Waals surface area contributed by atoms with Crippen LogP contribution >= 0.6 is 11.6 Å². The number of benzene rings is 1. The van der Waals surface area contributed by atoms with Crippen LogP contribution in [0.5, 0.6) is 5.75 Å². The molecule has 0 atom stereocenters. The first-order valence-electron chi connectivity index (χ1n) is 7.95. The van der Waals surface area contributed by atoms with E-state index in [0.29, 0.717) is 35.9 Å². The maximum atomic E-state index is 12.3. The Morgan fingerprint density at radius 1 is 1.19 bits per heavy atom. The first-order chi connectivity index (χ1) is 12.3. The molecule has 0 unspecified atom stereocenters. The van der Waals surface area contributed by atoms with Crippen molar-refractivity contribution in [3.63, 3.8) is 0 Å². The third-order valence-corrected chi connectivity index (χ3v) is 4.27. The summed E-state index contributed by atoms with van der Waals surface area (Å²) in [4.78, 5) is 22.1. The normalized spacial score (nSPS) is 13.4. The minimum atomic E-state index is -4.37. The van der Waals surface area contributed by atoms with Crippen molar-refractivity contribution in [3.8, 4) is 5.75 Å². The molecule has 1 aliphatic rings. The summed E-state index contributed by atoms with van der Waals surface area (Å²) in [6, 6.07) is 6.25. The average Bonchev–Trinajstić information content (AvgIpc) is 2.87. The molecule has 26 heavy (non-hydrogen) atoms. The second-order valence-electron chi connectivity index (χ2n) is 5.74. The van der Waals surface area contributed by atoms with Crippen molar-refractivity contribution in [3.05, 3.63) is 46.4 Å². The molecule has 0 radical (unpaired) electrons. The average molecular weight is 386 g/mol. The molecule has 0 aliphatic carbocycles. The van der Waals surface area contributed by atoms with E-state index in [1.807, 2.05) is 6.92 Å². The van der Waals surface area contributed by atoms with Crippen LogP contribution in [0, 0.1) is 0 Å². The highest BCUT2D eigenvalue weighted by atomic mass is 35.5. The molecule has 0 saturated carbocycles. The molecule has 5 nitrogen and oxygen atoms in total. The fourth-order valence-electron chi connectivity index (χ4n) is 2.57. The first-order valence-corrected chi connectivity index (χ1v) is 8.33. The van der Waals surface area contributed by atoms with E-state index in [4.69, 9.17) is 11.6 Å². The molecule has 1 aromatic carbocycles. The van der Waals surface area contributed by atoms with Gasteiger partial charge in [0.15, 0.2) is 12.4 Å². The van der Waals surface area contributed by atoms with E-state index in [1.54, 1.807) is 12.1 Å². The van der Waals surface area contributed by atoms with E-state index < -0.39 is 12.8 Å². The number of hydrogen-bond donors (Lipinski definition) is 0. The number of fused-ring (bicyclic) bond motifs is 2. The standard InChI is InChI=1S/C17H15ClF3N3O2/c1-2-12-13(18)15-23-14(22-12)16(25)24(15)8-7-10-3-5-11(6-4-10)26-9-17(19,20)21/h3-6H,2,7-9H2,1H3. The Morgan fingerprint density at radius 3 is 2.50 bits per heavy atom. The maximum absolute atomic E-state index is 12.3. The Labute approximate surface area is 152 Å². The van der Waals surface area contributed by atoms with Gasteiger partial charge in [0.25, 0.3) is 5.91 Å². The fourth-order valence-corrected chi connectivity index (χ4v) is 2.89. The van der Waals surface area contributed by atoms with Crippen molar-refractivity contribution >= 4 is 23.3 Å². The number of alkyl halides is 3. The molecule has 1 aliphatic heterocycles. The predicted molar refractivity (Wildman–Crippen MR) is 89.8 cm³/mol. The van der Waals surface area contributed by atoms with Crippen molar-refractivity contribution in [2.24, 2.45) is 0 Å². The summed E-state index contributed by atoms with van der Waals surface area (Å²) in [5, 5.41) is 0.373. The van der Waals surface area contributed by atoms with Crippen LogP contribution in [0.3, 0.4) is 0 Å². The highest BCUT2D eigenvalue weighted by Crippen LogP contribution is 2.32. The van der Waals surface area contributed by atoms with E-state index in [2.05, 4.69) is 14.7 Å². The third-order valence-electron chi connectivity index (χ3n) is 3.88. The molecule has 2 aromatic rings. The quantitative estimate of drug-likeness (QED) is 0.758. The maximum Gasteiger partial charge on any atom is 0.422 e. The van der Waals surface area contributed by atoms with Crippen molar-refractivity contribution in [2.45, 2.75) is 25.9 Å². The highest BCUT2D eigenvalue weighted by molar-refractivity contribution is 6.35. The molecule has 3 rings (SSSR count). The number of halogens is 4. The summed E-state index contributed by atoms with van der Waals surface area (Å²) in [6.07, 6.45) is -3.29. The van der Waals surface area contributed by atoms with Crippen molar-refractivity contribution in [1.29, 1.82) is 0 Å². The minimum absolute atomic E-state index is 0.136. The lowest BCUT2D eigenvalue weighted by molar-refractivity contribution is -0.153. The van der Waals surface area contributed by atoms with Crippen LogP contribution in [0.25, 0.3) is 0 Å². The van der Waals surface area contributed by atoms with Crippen LogP contribution in [0.4, 0.5) is 19.0 Å². The molecule has 0 N–H and O–H groups in total. The number of aromatic nitrogens is 2. The highest BCUT2D eigenvalue weighted by Gasteiger charge is 2.33. The second-order valence-corrected chi connectivity index (χ2v) is 6.12. The lowest BCUT2D eigenvalue weighted by atomic mass is 10.1. The Bertz CT molecular complexity index is 825. The Hall–Kier alpha value is -2.35. The molecule has 0 saturated heterocycles. The van der Waals surface area contributed by atoms with Gasteiger partial charge < -0.3 is 4.74 Å². The predicted octanol–water partition coefficient (Wildman–Crippen LogP) is 3.84. The van der Waals surface area contributed by atoms with Crippen LogP contribution in [0.15, 0.2) is 24.3 Å². The van der Waals surface area contributed by atoms with E-state index in [0.717, 1.165) is 5.56 Å². The molecule has 2 heterocycles. The number of anilines is 1. The molecule has 138 valence electrons. The topological polar surface area (TPSA) is 55.3 Å². The molecule has 9 heteroatoms. The number of aryl methyl sites for hydroxylation is 1. The molecule has 2 bridgehead atoms. The molecule has 0 fully saturated rings. The molecular weight excluding hydrogens is 371 g/mol. The van der Waals surface area contributed by atoms with E-state index in [9.17, 15) is 18.0 Å². The molecule has 0 spiro atoms. The van der Waals surface area contributed by atoms with Gasteiger partial charge in [0.05, 0.1) is 5.69 Å². The smallest absolute Gasteiger partial charge is 0.422 e. The fraction of sp³-hybridized carbons (Fsp3) is 0.353. The van der Waals surface area contributed by atoms with Gasteiger partial charge in [-0.05, 0) is 30.5 Å². The lowest BCUT2D eigenvalue weighted by Gasteiger charge is -2.15. The Kier molecular flexibility index (Phi) is 5.04. The zero-order valence-electron chi connectivity index (χ0n) is 13.8. The van der Waals surface area contributed by atoms with Crippen molar-refractivity contribution < 1.29 is 22.7 Å². The van der Waals surface area contributed by atoms with Gasteiger partial charge in [0.1, 0.15) is 10.8 Å². The van der Waals surface area contributed by atoms with Gasteiger partial charge in [-0.3, -0.25) is 9.69 Å². The summed E-state index contributed by atoms with van der Waals surface area (Å²) < 4.78 is 41.1. The second kappa shape index (κ2) is 7.11. The monoisotopic (exact) mass is 385 g/mol. The van der Waals surface area contributed by atoms with Gasteiger partial charge >= 0.3 is 6.18 Å². The van der Waals surface area contributed by atoms with Crippen LogP contribution in [-0.4, -0.2) is 35.2 Å². The van der Waals surface area contributed by atoms with Gasteiger partial charge in [-0.1, -0.05) is 30.7 Å². The number of carbonyl (C=O) groups is 1. The number of nitrogens with zero attached hydrogens (tertiary/aromatic N) is 3. The van der Waals surface area contributed by atoms with Gasteiger partial charge in [-0.15, -0.1) is 0 Å². The summed E-state index contributed by atoms with van der Waals surface area (Å²) in [5.74, 6) is 0.379. The zero-order chi connectivity index (χ0) is 18.9. The molecular formula is C17H15ClF3N3O2. The summed E-state index contributed by atoms with van der Waals surface area (Å²) in [5.41, 5.74) is 1.48. The van der Waals surface area contributed by atoms with Crippen LogP contribution in [-0.2, 0) is 12.8 Å². The number of amides is 1. The van der Waals surface area contributed by atoms with Crippen molar-refractivity contribution in [1.82, 2.24) is 9.97 Å². The minimum Gasteiger partial charge on any atom is -0.484 e. The largest absolute Gasteiger partial charge is 0.484 e. The van der Waals surface area contributed by atoms with Crippen LogP contribution in [0.1, 0.15) is 28.8 Å². The number of rotatable bonds is 6. The van der Waals surface area contributed by atoms with Gasteiger partial charge in [0.2, 0.25) is 5.82 Å². The molecule has 1 aromatic heterocycles. The summed E-state index contributed by atoms with van der Waals surface area (Å²) in [7, 11) is 0. The van der Waals surface area contributed by atoms with Gasteiger partial charge in [-0.25, -0.2) is 9.97 Å². The van der Waals surface area contributed by atoms with E-state index >= 15 is 0 Å². The van der Waals surface area contributed by atoms with E-state index in [-0.39, 0.29) is 17.5 Å². The first kappa shape index (κ1) is 18.4. The third kappa shape index (κ3) is 3.90. The van der Waals surface area contributed by atoms with Crippen LogP contribution in [0.2, 0.25) is 5.02 Å². The van der Waals surface area contributed by atoms with Gasteiger partial charge in [0, 0.05) is 6.54 Å². The Balaban J connectivity index is 1.63. The van der Waals surface area contributed by atoms with Crippen LogP contribution < -0.4 is 9.64 Å². The zero-order valence-corrected chi connectivity index (χ0v) is 14.6. The number of hydrogen-bond acceptors (Lipinski definition) is 4. The number of ether oxygens (including phenoxy) is 1. The van der Waals surface area contributed by atoms with Gasteiger partial charge in [-0.2, -0.15) is 13.2 Å². The summed E-state index contributed by atoms with van der Waals surface area (Å²) in [6.45, 7) is 0.901. The van der Waals surface area contributed by atoms with E-state index in [1.165, 1.54) is 17.0 Å².